The van der Waals surface area contributed by atoms with Crippen molar-refractivity contribution in [3.63, 3.8) is 0 Å². The highest BCUT2D eigenvalue weighted by atomic mass is 32.2. The zero-order valence-corrected chi connectivity index (χ0v) is 22.2. The van der Waals surface area contributed by atoms with Crippen LogP contribution in [0.15, 0.2) is 96.4 Å². The predicted molar refractivity (Wildman–Crippen MR) is 146 cm³/mol. The average molecular weight is 535 g/mol. The Balaban J connectivity index is 1.20. The van der Waals surface area contributed by atoms with Crippen LogP contribution >= 0.6 is 0 Å². The summed E-state index contributed by atoms with van der Waals surface area (Å²) in [5.74, 6) is 0.0108. The van der Waals surface area contributed by atoms with Crippen LogP contribution in [0.5, 0.6) is 0 Å². The molecule has 200 valence electrons. The predicted octanol–water partition coefficient (Wildman–Crippen LogP) is 5.22. The lowest BCUT2D eigenvalue weighted by Crippen LogP contribution is -2.37. The van der Waals surface area contributed by atoms with Crippen molar-refractivity contribution in [3.8, 4) is 0 Å². The first-order valence-electron chi connectivity index (χ1n) is 13.1. The standard InChI is InChI=1S/C31H34O6S/c1-2-23-14-9-15-27(18-23)38(32,33)17-16-26-19-28-31(36-26)30(35-21-25-12-7-4-8-13-25)29(37-28)22-34-20-24-10-5-3-6-11-24/h2-15,18,26,28-31H,1,16-17,19-22H2/t26-,28-,29+,30+,31+/m0/s1. The fraction of sp³-hybridized carbons (Fsp3) is 0.355. The van der Waals surface area contributed by atoms with Gasteiger partial charge in [0.2, 0.25) is 0 Å². The van der Waals surface area contributed by atoms with Gasteiger partial charge in [-0.3, -0.25) is 0 Å². The average Bonchev–Trinajstić information content (AvgIpc) is 3.49. The molecule has 2 aliphatic rings. The van der Waals surface area contributed by atoms with E-state index in [4.69, 9.17) is 18.9 Å². The zero-order valence-electron chi connectivity index (χ0n) is 21.4. The van der Waals surface area contributed by atoms with Gasteiger partial charge in [-0.05, 0) is 35.2 Å². The molecular formula is C31H34O6S. The molecule has 6 nitrogen and oxygen atoms in total. The van der Waals surface area contributed by atoms with Gasteiger partial charge in [-0.2, -0.15) is 0 Å². The van der Waals surface area contributed by atoms with Gasteiger partial charge in [0.15, 0.2) is 9.84 Å². The highest BCUT2D eigenvalue weighted by molar-refractivity contribution is 7.91. The van der Waals surface area contributed by atoms with Crippen molar-refractivity contribution in [1.82, 2.24) is 0 Å². The lowest BCUT2D eigenvalue weighted by Gasteiger charge is -2.24. The Bertz CT molecular complexity index is 1290. The molecule has 0 radical (unpaired) electrons. The Morgan fingerprint density at radius 2 is 1.61 bits per heavy atom. The van der Waals surface area contributed by atoms with E-state index in [0.717, 1.165) is 16.7 Å². The van der Waals surface area contributed by atoms with Gasteiger partial charge < -0.3 is 18.9 Å². The van der Waals surface area contributed by atoms with Crippen molar-refractivity contribution in [3.05, 3.63) is 108 Å². The molecule has 3 aromatic rings. The van der Waals surface area contributed by atoms with E-state index >= 15 is 0 Å². The van der Waals surface area contributed by atoms with E-state index < -0.39 is 9.84 Å². The van der Waals surface area contributed by atoms with E-state index in [1.807, 2.05) is 66.7 Å². The molecule has 0 aliphatic carbocycles. The van der Waals surface area contributed by atoms with Crippen LogP contribution in [-0.4, -0.2) is 51.3 Å². The summed E-state index contributed by atoms with van der Waals surface area (Å²) in [6.07, 6.45) is 1.48. The normalized spacial score (nSPS) is 24.8. The molecule has 2 saturated heterocycles. The van der Waals surface area contributed by atoms with Crippen LogP contribution in [0.1, 0.15) is 29.5 Å². The minimum absolute atomic E-state index is 0.0108. The van der Waals surface area contributed by atoms with Crippen molar-refractivity contribution >= 4 is 15.9 Å². The molecule has 2 heterocycles. The second-order valence-electron chi connectivity index (χ2n) is 9.82. The Morgan fingerprint density at radius 3 is 2.32 bits per heavy atom. The fourth-order valence-electron chi connectivity index (χ4n) is 5.09. The van der Waals surface area contributed by atoms with Crippen molar-refractivity contribution < 1.29 is 27.4 Å². The van der Waals surface area contributed by atoms with Crippen molar-refractivity contribution in [2.24, 2.45) is 0 Å². The Labute approximate surface area is 225 Å². The van der Waals surface area contributed by atoms with Crippen molar-refractivity contribution in [1.29, 1.82) is 0 Å². The van der Waals surface area contributed by atoms with E-state index in [-0.39, 0.29) is 36.3 Å². The summed E-state index contributed by atoms with van der Waals surface area (Å²) in [5.41, 5.74) is 2.95. The van der Waals surface area contributed by atoms with Gasteiger partial charge in [0.1, 0.15) is 18.3 Å². The molecule has 5 atom stereocenters. The van der Waals surface area contributed by atoms with Gasteiger partial charge >= 0.3 is 0 Å². The highest BCUT2D eigenvalue weighted by Gasteiger charge is 2.51. The summed E-state index contributed by atoms with van der Waals surface area (Å²) in [5, 5.41) is 0. The number of hydrogen-bond acceptors (Lipinski definition) is 6. The number of fused-ring (bicyclic) bond motifs is 1. The summed E-state index contributed by atoms with van der Waals surface area (Å²) in [7, 11) is -3.43. The molecule has 7 heteroatoms. The molecule has 0 unspecified atom stereocenters. The first-order valence-corrected chi connectivity index (χ1v) is 14.7. The van der Waals surface area contributed by atoms with Crippen LogP contribution in [-0.2, 0) is 42.0 Å². The van der Waals surface area contributed by atoms with E-state index in [0.29, 0.717) is 37.6 Å². The minimum atomic E-state index is -3.43. The lowest BCUT2D eigenvalue weighted by atomic mass is 10.1. The molecule has 0 bridgehead atoms. The molecule has 2 fully saturated rings. The molecule has 0 saturated carbocycles. The van der Waals surface area contributed by atoms with Crippen LogP contribution < -0.4 is 0 Å². The third-order valence-corrected chi connectivity index (χ3v) is 8.84. The van der Waals surface area contributed by atoms with Gasteiger partial charge in [0, 0.05) is 6.42 Å². The maximum Gasteiger partial charge on any atom is 0.178 e. The van der Waals surface area contributed by atoms with E-state index in [1.165, 1.54) is 0 Å². The largest absolute Gasteiger partial charge is 0.374 e. The SMILES string of the molecule is C=Cc1cccc(S(=O)(=O)CC[C@H]2C[C@@H]3O[C@H](COCc4ccccc4)[C@@H](OCc4ccccc4)[C@@H]3O2)c1. The van der Waals surface area contributed by atoms with Crippen LogP contribution in [0, 0.1) is 0 Å². The van der Waals surface area contributed by atoms with Gasteiger partial charge in [-0.1, -0.05) is 85.5 Å². The van der Waals surface area contributed by atoms with Crippen LogP contribution in [0.4, 0.5) is 0 Å². The van der Waals surface area contributed by atoms with Crippen LogP contribution in [0.2, 0.25) is 0 Å². The topological polar surface area (TPSA) is 71.1 Å². The lowest BCUT2D eigenvalue weighted by molar-refractivity contribution is -0.101. The highest BCUT2D eigenvalue weighted by Crippen LogP contribution is 2.38. The second-order valence-corrected chi connectivity index (χ2v) is 11.9. The van der Waals surface area contributed by atoms with E-state index in [9.17, 15) is 8.42 Å². The number of benzene rings is 3. The Morgan fingerprint density at radius 1 is 0.895 bits per heavy atom. The molecule has 2 aliphatic heterocycles. The molecule has 0 amide bonds. The number of rotatable bonds is 12. The monoisotopic (exact) mass is 534 g/mol. The summed E-state index contributed by atoms with van der Waals surface area (Å²) in [6.45, 7) is 5.06. The van der Waals surface area contributed by atoms with Crippen molar-refractivity contribution in [2.75, 3.05) is 12.4 Å². The van der Waals surface area contributed by atoms with Gasteiger partial charge in [-0.15, -0.1) is 0 Å². The summed E-state index contributed by atoms with van der Waals surface area (Å²) in [6, 6.07) is 26.9. The quantitative estimate of drug-likeness (QED) is 0.317. The van der Waals surface area contributed by atoms with Crippen LogP contribution in [0.3, 0.4) is 0 Å². The molecule has 5 rings (SSSR count). The van der Waals surface area contributed by atoms with Crippen molar-refractivity contribution in [2.45, 2.75) is 61.5 Å². The maximum atomic E-state index is 13.0. The zero-order chi connectivity index (χ0) is 26.4. The van der Waals surface area contributed by atoms with Crippen LogP contribution in [0.25, 0.3) is 6.08 Å². The third kappa shape index (κ3) is 6.60. The van der Waals surface area contributed by atoms with E-state index in [1.54, 1.807) is 24.3 Å². The number of hydrogen-bond donors (Lipinski definition) is 0. The third-order valence-electron chi connectivity index (χ3n) is 7.09. The molecular weight excluding hydrogens is 500 g/mol. The molecule has 0 N–H and O–H groups in total. The maximum absolute atomic E-state index is 13.0. The molecule has 0 spiro atoms. The first-order chi connectivity index (χ1) is 18.5. The summed E-state index contributed by atoms with van der Waals surface area (Å²) < 4.78 is 51.0. The Hall–Kier alpha value is -2.81. The van der Waals surface area contributed by atoms with Gasteiger partial charge in [-0.25, -0.2) is 8.42 Å². The number of ether oxygens (including phenoxy) is 4. The second kappa shape index (κ2) is 12.4. The molecule has 0 aromatic heterocycles. The smallest absolute Gasteiger partial charge is 0.178 e. The fourth-order valence-corrected chi connectivity index (χ4v) is 6.50. The van der Waals surface area contributed by atoms with E-state index in [2.05, 4.69) is 6.58 Å². The first kappa shape index (κ1) is 26.8. The Kier molecular flexibility index (Phi) is 8.72. The summed E-state index contributed by atoms with van der Waals surface area (Å²) >= 11 is 0. The minimum Gasteiger partial charge on any atom is -0.374 e. The summed E-state index contributed by atoms with van der Waals surface area (Å²) in [4.78, 5) is 0.309. The number of sulfone groups is 1. The van der Waals surface area contributed by atoms with Gasteiger partial charge in [0.05, 0.1) is 42.7 Å². The molecule has 3 aromatic carbocycles. The van der Waals surface area contributed by atoms with Gasteiger partial charge in [0.25, 0.3) is 0 Å². The molecule has 38 heavy (non-hydrogen) atoms.